The van der Waals surface area contributed by atoms with E-state index in [9.17, 15) is 0 Å². The van der Waals surface area contributed by atoms with Crippen molar-refractivity contribution in [3.05, 3.63) is 43.2 Å². The van der Waals surface area contributed by atoms with Crippen LogP contribution in [0.2, 0.25) is 0 Å². The first-order valence-corrected chi connectivity index (χ1v) is 12.1. The van der Waals surface area contributed by atoms with Gasteiger partial charge >= 0.3 is 0 Å². The maximum Gasteiger partial charge on any atom is 0.156 e. The number of piperidine rings is 1. The van der Waals surface area contributed by atoms with E-state index in [1.165, 1.54) is 0 Å². The Morgan fingerprint density at radius 3 is 2.70 bits per heavy atom. The van der Waals surface area contributed by atoms with Crippen LogP contribution in [0.25, 0.3) is 33.5 Å². The van der Waals surface area contributed by atoms with Crippen molar-refractivity contribution >= 4 is 11.2 Å². The molecule has 1 N–H and O–H groups in total. The van der Waals surface area contributed by atoms with Gasteiger partial charge in [-0.1, -0.05) is 6.92 Å². The van der Waals surface area contributed by atoms with Crippen LogP contribution in [0.1, 0.15) is 44.7 Å². The third-order valence-corrected chi connectivity index (χ3v) is 7.29. The average molecular weight is 446 g/mol. The second-order valence-corrected chi connectivity index (χ2v) is 9.22. The Balaban J connectivity index is 1.26. The number of fused-ring (bicyclic) bond motifs is 1. The van der Waals surface area contributed by atoms with E-state index in [1.807, 2.05) is 18.6 Å². The van der Waals surface area contributed by atoms with Crippen LogP contribution >= 0.6 is 0 Å². The van der Waals surface area contributed by atoms with Gasteiger partial charge in [0.1, 0.15) is 5.52 Å². The molecule has 0 radical (unpaired) electrons. The lowest BCUT2D eigenvalue weighted by Crippen LogP contribution is -2.34. The number of aromatic amines is 1. The molecule has 2 aliphatic heterocycles. The molecule has 6 heterocycles. The number of ether oxygens (including phenoxy) is 1. The molecule has 0 atom stereocenters. The summed E-state index contributed by atoms with van der Waals surface area (Å²) in [4.78, 5) is 15.5. The second-order valence-electron chi connectivity index (χ2n) is 9.22. The van der Waals surface area contributed by atoms with Gasteiger partial charge in [0.15, 0.2) is 5.65 Å². The quantitative estimate of drug-likeness (QED) is 0.496. The van der Waals surface area contributed by atoms with E-state index >= 15 is 0 Å². The number of nitrogens with zero attached hydrogens (tertiary/aromatic N) is 6. The summed E-state index contributed by atoms with van der Waals surface area (Å²) in [7, 11) is 0. The van der Waals surface area contributed by atoms with E-state index < -0.39 is 0 Å². The van der Waals surface area contributed by atoms with Crippen LogP contribution in [0.3, 0.4) is 0 Å². The van der Waals surface area contributed by atoms with Crippen molar-refractivity contribution in [2.75, 3.05) is 32.8 Å². The molecule has 0 aliphatic carbocycles. The van der Waals surface area contributed by atoms with Crippen LogP contribution in [0.4, 0.5) is 0 Å². The first-order valence-electron chi connectivity index (χ1n) is 12.1. The monoisotopic (exact) mass is 445 g/mol. The molecule has 2 aliphatic rings. The maximum absolute atomic E-state index is 5.51. The Kier molecular flexibility index (Phi) is 5.47. The molecule has 0 saturated carbocycles. The van der Waals surface area contributed by atoms with Crippen molar-refractivity contribution in [2.24, 2.45) is 0 Å². The summed E-state index contributed by atoms with van der Waals surface area (Å²) in [6.07, 6.45) is 16.8. The number of likely N-dealkylation sites (tertiary alicyclic amines) is 1. The summed E-state index contributed by atoms with van der Waals surface area (Å²) >= 11 is 0. The molecular formula is C25H31N7O. The van der Waals surface area contributed by atoms with Crippen molar-refractivity contribution in [3.63, 3.8) is 0 Å². The highest BCUT2D eigenvalue weighted by Gasteiger charge is 2.21. The summed E-state index contributed by atoms with van der Waals surface area (Å²) in [5, 5.41) is 4.71. The van der Waals surface area contributed by atoms with Gasteiger partial charge in [0.25, 0.3) is 0 Å². The van der Waals surface area contributed by atoms with Gasteiger partial charge in [-0.3, -0.25) is 4.68 Å². The molecule has 4 aromatic rings. The third-order valence-electron chi connectivity index (χ3n) is 7.29. The molecule has 8 nitrogen and oxygen atoms in total. The van der Waals surface area contributed by atoms with Gasteiger partial charge in [-0.05, 0) is 38.3 Å². The van der Waals surface area contributed by atoms with Crippen LogP contribution < -0.4 is 0 Å². The highest BCUT2D eigenvalue weighted by atomic mass is 16.5. The van der Waals surface area contributed by atoms with Crippen molar-refractivity contribution < 1.29 is 4.74 Å². The number of hydrogen-bond donors (Lipinski definition) is 1. The molecule has 2 saturated heterocycles. The van der Waals surface area contributed by atoms with Crippen LogP contribution in [0.5, 0.6) is 0 Å². The van der Waals surface area contributed by atoms with E-state index in [0.29, 0.717) is 12.1 Å². The molecular weight excluding hydrogens is 414 g/mol. The summed E-state index contributed by atoms with van der Waals surface area (Å²) in [6.45, 7) is 7.33. The van der Waals surface area contributed by atoms with Crippen molar-refractivity contribution in [1.29, 1.82) is 0 Å². The molecule has 172 valence electrons. The Bertz CT molecular complexity index is 1220. The molecule has 6 rings (SSSR count). The minimum Gasteiger partial charge on any atom is -0.381 e. The molecule has 4 aromatic heterocycles. The summed E-state index contributed by atoms with van der Waals surface area (Å²) in [5.41, 5.74) is 5.84. The lowest BCUT2D eigenvalue weighted by Gasteiger charge is -2.31. The summed E-state index contributed by atoms with van der Waals surface area (Å²) in [6, 6.07) is 3.11. The molecule has 0 aromatic carbocycles. The lowest BCUT2D eigenvalue weighted by molar-refractivity contribution is 0.0697. The maximum atomic E-state index is 5.51. The topological polar surface area (TPSA) is 76.8 Å². The van der Waals surface area contributed by atoms with Crippen molar-refractivity contribution in [3.8, 4) is 22.4 Å². The van der Waals surface area contributed by atoms with Gasteiger partial charge in [0.2, 0.25) is 0 Å². The van der Waals surface area contributed by atoms with Crippen molar-refractivity contribution in [2.45, 2.75) is 44.7 Å². The van der Waals surface area contributed by atoms with E-state index in [1.54, 1.807) is 0 Å². The predicted molar refractivity (Wildman–Crippen MR) is 128 cm³/mol. The highest BCUT2D eigenvalue weighted by Crippen LogP contribution is 2.31. The number of aromatic nitrogens is 6. The van der Waals surface area contributed by atoms with Crippen molar-refractivity contribution in [1.82, 2.24) is 34.2 Å². The van der Waals surface area contributed by atoms with Gasteiger partial charge in [-0.15, -0.1) is 0 Å². The Hall–Kier alpha value is -2.97. The summed E-state index contributed by atoms with van der Waals surface area (Å²) < 4.78 is 9.96. The predicted octanol–water partition coefficient (Wildman–Crippen LogP) is 4.30. The largest absolute Gasteiger partial charge is 0.381 e. The minimum absolute atomic E-state index is 0.471. The zero-order valence-corrected chi connectivity index (χ0v) is 19.2. The normalized spacial score (nSPS) is 18.9. The lowest BCUT2D eigenvalue weighted by atomic mass is 10.1. The standard InChI is InChI=1S/C25H31N7O/c1-2-30-8-4-21(5-9-30)32-17-19(13-28-32)22-14-26-25-24(22)29-23(15-27-25)18-3-10-31(16-18)20-6-11-33-12-7-20/h3,10,13-17,20-21H,2,4-9,11-12H2,1H3,(H,26,27). The van der Waals surface area contributed by atoms with E-state index in [-0.39, 0.29) is 0 Å². The number of nitrogens with one attached hydrogen (secondary N) is 1. The van der Waals surface area contributed by atoms with Crippen LogP contribution in [-0.4, -0.2) is 67.0 Å². The fourth-order valence-corrected chi connectivity index (χ4v) is 5.20. The van der Waals surface area contributed by atoms with Gasteiger partial charge < -0.3 is 19.2 Å². The van der Waals surface area contributed by atoms with E-state index in [2.05, 4.69) is 55.7 Å². The molecule has 33 heavy (non-hydrogen) atoms. The van der Waals surface area contributed by atoms with E-state index in [0.717, 1.165) is 92.1 Å². The first-order chi connectivity index (χ1) is 16.3. The average Bonchev–Trinajstić information content (AvgIpc) is 3.63. The Morgan fingerprint density at radius 1 is 1.03 bits per heavy atom. The first kappa shape index (κ1) is 20.6. The number of hydrogen-bond acceptors (Lipinski definition) is 5. The van der Waals surface area contributed by atoms with Crippen LogP contribution in [0, 0.1) is 0 Å². The molecule has 0 spiro atoms. The second kappa shape index (κ2) is 8.76. The number of rotatable bonds is 5. The Morgan fingerprint density at radius 2 is 1.88 bits per heavy atom. The van der Waals surface area contributed by atoms with Gasteiger partial charge in [-0.25, -0.2) is 9.97 Å². The Labute approximate surface area is 193 Å². The zero-order chi connectivity index (χ0) is 22.2. The van der Waals surface area contributed by atoms with Crippen LogP contribution in [-0.2, 0) is 4.74 Å². The van der Waals surface area contributed by atoms with E-state index in [4.69, 9.17) is 14.8 Å². The molecule has 0 bridgehead atoms. The minimum atomic E-state index is 0.471. The molecule has 0 amide bonds. The molecule has 8 heteroatoms. The SMILES string of the molecule is CCN1CCC(n2cc(-c3c[nH]c4ncc(-c5ccn(C6CCOCC6)c5)nc34)cn2)CC1. The fourth-order valence-electron chi connectivity index (χ4n) is 5.20. The smallest absolute Gasteiger partial charge is 0.156 e. The van der Waals surface area contributed by atoms with Gasteiger partial charge in [0, 0.05) is 73.8 Å². The number of H-pyrrole nitrogens is 1. The zero-order valence-electron chi connectivity index (χ0n) is 19.2. The highest BCUT2D eigenvalue weighted by molar-refractivity contribution is 5.91. The van der Waals surface area contributed by atoms with Gasteiger partial charge in [0.05, 0.1) is 24.1 Å². The van der Waals surface area contributed by atoms with Crippen LogP contribution in [0.15, 0.2) is 43.2 Å². The third kappa shape index (κ3) is 3.98. The van der Waals surface area contributed by atoms with Gasteiger partial charge in [-0.2, -0.15) is 5.10 Å². The molecule has 0 unspecified atom stereocenters. The molecule has 2 fully saturated rings. The fraction of sp³-hybridized carbons (Fsp3) is 0.480. The summed E-state index contributed by atoms with van der Waals surface area (Å²) in [5.74, 6) is 0.